The molecule has 0 radical (unpaired) electrons. The second-order valence-corrected chi connectivity index (χ2v) is 5.70. The topological polar surface area (TPSA) is 58.4 Å². The van der Waals surface area contributed by atoms with Crippen molar-refractivity contribution in [3.8, 4) is 0 Å². The van der Waals surface area contributed by atoms with Gasteiger partial charge < -0.3 is 5.32 Å². The van der Waals surface area contributed by atoms with E-state index in [9.17, 15) is 13.2 Å². The predicted molar refractivity (Wildman–Crippen MR) is 79.2 cm³/mol. The summed E-state index contributed by atoms with van der Waals surface area (Å²) in [6.45, 7) is 4.92. The third-order valence-corrected chi connectivity index (χ3v) is 4.16. The maximum absolute atomic E-state index is 12.9. The normalized spacial score (nSPS) is 17.7. The Kier molecular flexibility index (Phi) is 4.38. The third-order valence-electron chi connectivity index (χ3n) is 4.16. The molecule has 1 aliphatic rings. The summed E-state index contributed by atoms with van der Waals surface area (Å²) >= 11 is 0. The number of hydrogen-bond acceptors (Lipinski definition) is 5. The minimum absolute atomic E-state index is 0.0782. The summed E-state index contributed by atoms with van der Waals surface area (Å²) in [7, 11) is 0. The average Bonchev–Trinajstić information content (AvgIpc) is 3.16. The molecule has 126 valence electrons. The van der Waals surface area contributed by atoms with Crippen LogP contribution in [0.4, 0.5) is 19.0 Å². The van der Waals surface area contributed by atoms with Gasteiger partial charge in [-0.1, -0.05) is 6.92 Å². The van der Waals surface area contributed by atoms with Crippen LogP contribution < -0.4 is 5.32 Å². The van der Waals surface area contributed by atoms with E-state index in [4.69, 9.17) is 0 Å². The first-order valence-corrected chi connectivity index (χ1v) is 7.76. The smallest absolute Gasteiger partial charge is 0.367 e. The van der Waals surface area contributed by atoms with Crippen LogP contribution in [-0.4, -0.2) is 50.4 Å². The van der Waals surface area contributed by atoms with Gasteiger partial charge in [-0.05, 0) is 44.5 Å². The van der Waals surface area contributed by atoms with E-state index in [-0.39, 0.29) is 5.65 Å². The molecular formula is C14H19F3N6. The molecule has 1 N–H and O–H groups in total. The fraction of sp³-hybridized carbons (Fsp3) is 0.643. The third kappa shape index (κ3) is 3.39. The van der Waals surface area contributed by atoms with Crippen LogP contribution in [0.3, 0.4) is 0 Å². The van der Waals surface area contributed by atoms with E-state index >= 15 is 0 Å². The van der Waals surface area contributed by atoms with E-state index in [1.807, 2.05) is 0 Å². The van der Waals surface area contributed by atoms with E-state index in [1.54, 1.807) is 6.07 Å². The molecule has 2 aromatic rings. The summed E-state index contributed by atoms with van der Waals surface area (Å²) in [5, 5.41) is 13.8. The largest absolute Gasteiger partial charge is 0.453 e. The number of hydrogen-bond donors (Lipinski definition) is 1. The predicted octanol–water partition coefficient (Wildman–Crippen LogP) is 2.43. The fourth-order valence-corrected chi connectivity index (χ4v) is 2.92. The van der Waals surface area contributed by atoms with Crippen LogP contribution in [0, 0.1) is 0 Å². The van der Waals surface area contributed by atoms with Crippen LogP contribution in [0.1, 0.15) is 32.0 Å². The first-order chi connectivity index (χ1) is 11.0. The lowest BCUT2D eigenvalue weighted by Gasteiger charge is -2.26. The van der Waals surface area contributed by atoms with Crippen molar-refractivity contribution in [2.24, 2.45) is 0 Å². The molecule has 3 rings (SSSR count). The summed E-state index contributed by atoms with van der Waals surface area (Å²) in [4.78, 5) is 2.41. The summed E-state index contributed by atoms with van der Waals surface area (Å²) in [6, 6.07) is 3.47. The lowest BCUT2D eigenvalue weighted by Crippen LogP contribution is -2.37. The van der Waals surface area contributed by atoms with Gasteiger partial charge in [-0.2, -0.15) is 17.7 Å². The van der Waals surface area contributed by atoms with Crippen molar-refractivity contribution >= 4 is 11.5 Å². The molecule has 1 fully saturated rings. The van der Waals surface area contributed by atoms with Gasteiger partial charge in [0.15, 0.2) is 5.65 Å². The molecule has 3 heterocycles. The quantitative estimate of drug-likeness (QED) is 0.913. The highest BCUT2D eigenvalue weighted by atomic mass is 19.4. The molecule has 6 nitrogen and oxygen atoms in total. The number of nitrogens with one attached hydrogen (secondary N) is 1. The molecule has 0 spiro atoms. The lowest BCUT2D eigenvalue weighted by atomic mass is 10.2. The second kappa shape index (κ2) is 6.31. The summed E-state index contributed by atoms with van der Waals surface area (Å²) in [5.41, 5.74) is 0.0782. The second-order valence-electron chi connectivity index (χ2n) is 5.70. The monoisotopic (exact) mass is 328 g/mol. The standard InChI is InChI=1S/C14H19F3N6/c1-2-10(22-7-3-4-8-22)9-18-11-5-6-12-19-20-13(14(15,16)17)23(12)21-11/h5-6,10H,2-4,7-9H2,1H3,(H,18,21). The first-order valence-electron chi connectivity index (χ1n) is 7.76. The van der Waals surface area contributed by atoms with Gasteiger partial charge in [0.05, 0.1) is 0 Å². The van der Waals surface area contributed by atoms with Gasteiger partial charge in [0, 0.05) is 12.6 Å². The molecule has 1 atom stereocenters. The van der Waals surface area contributed by atoms with Gasteiger partial charge in [-0.15, -0.1) is 15.3 Å². The number of aromatic nitrogens is 4. The van der Waals surface area contributed by atoms with Gasteiger partial charge in [-0.3, -0.25) is 4.90 Å². The number of likely N-dealkylation sites (tertiary alicyclic amines) is 1. The zero-order valence-corrected chi connectivity index (χ0v) is 12.8. The van der Waals surface area contributed by atoms with E-state index in [0.717, 1.165) is 24.0 Å². The Balaban J connectivity index is 1.75. The number of fused-ring (bicyclic) bond motifs is 1. The molecule has 0 amide bonds. The van der Waals surface area contributed by atoms with Gasteiger partial charge in [0.2, 0.25) is 0 Å². The maximum Gasteiger partial charge on any atom is 0.453 e. The number of halogens is 3. The Morgan fingerprint density at radius 1 is 1.22 bits per heavy atom. The molecule has 1 saturated heterocycles. The van der Waals surface area contributed by atoms with Crippen molar-refractivity contribution in [1.29, 1.82) is 0 Å². The van der Waals surface area contributed by atoms with Crippen molar-refractivity contribution in [2.75, 3.05) is 25.0 Å². The summed E-state index contributed by atoms with van der Waals surface area (Å²) in [5.74, 6) is -0.719. The van der Waals surface area contributed by atoms with Crippen LogP contribution in [0.15, 0.2) is 12.1 Å². The zero-order valence-electron chi connectivity index (χ0n) is 12.8. The van der Waals surface area contributed by atoms with E-state index in [0.29, 0.717) is 18.4 Å². The fourth-order valence-electron chi connectivity index (χ4n) is 2.92. The Morgan fingerprint density at radius 3 is 2.61 bits per heavy atom. The lowest BCUT2D eigenvalue weighted by molar-refractivity contribution is -0.146. The van der Waals surface area contributed by atoms with Crippen molar-refractivity contribution < 1.29 is 13.2 Å². The van der Waals surface area contributed by atoms with Gasteiger partial charge in [-0.25, -0.2) is 0 Å². The van der Waals surface area contributed by atoms with Crippen molar-refractivity contribution in [2.45, 2.75) is 38.4 Å². The molecule has 0 aromatic carbocycles. The summed E-state index contributed by atoms with van der Waals surface area (Å²) < 4.78 is 39.3. The molecule has 0 bridgehead atoms. The number of nitrogens with zero attached hydrogens (tertiary/aromatic N) is 5. The minimum Gasteiger partial charge on any atom is -0.367 e. The van der Waals surface area contributed by atoms with E-state index < -0.39 is 12.0 Å². The molecule has 1 aliphatic heterocycles. The SMILES string of the molecule is CCC(CNc1ccc2nnc(C(F)(F)F)n2n1)N1CCCC1. The summed E-state index contributed by atoms with van der Waals surface area (Å²) in [6.07, 6.45) is -1.19. The highest BCUT2D eigenvalue weighted by molar-refractivity contribution is 5.44. The van der Waals surface area contributed by atoms with Crippen LogP contribution in [-0.2, 0) is 6.18 Å². The Bertz CT molecular complexity index is 662. The molecule has 2 aromatic heterocycles. The van der Waals surface area contributed by atoms with Gasteiger partial charge in [0.1, 0.15) is 5.82 Å². The molecular weight excluding hydrogens is 309 g/mol. The average molecular weight is 328 g/mol. The maximum atomic E-state index is 12.9. The van der Waals surface area contributed by atoms with Crippen LogP contribution in [0.2, 0.25) is 0 Å². The number of rotatable bonds is 5. The van der Waals surface area contributed by atoms with Crippen LogP contribution in [0.5, 0.6) is 0 Å². The highest BCUT2D eigenvalue weighted by Gasteiger charge is 2.37. The van der Waals surface area contributed by atoms with Crippen LogP contribution in [0.25, 0.3) is 5.65 Å². The molecule has 1 unspecified atom stereocenters. The van der Waals surface area contributed by atoms with E-state index in [2.05, 4.69) is 32.4 Å². The number of anilines is 1. The van der Waals surface area contributed by atoms with E-state index in [1.165, 1.54) is 18.9 Å². The first kappa shape index (κ1) is 16.0. The Morgan fingerprint density at radius 2 is 1.96 bits per heavy atom. The van der Waals surface area contributed by atoms with Crippen molar-refractivity contribution in [3.05, 3.63) is 18.0 Å². The Labute approximate surface area is 131 Å². The van der Waals surface area contributed by atoms with Gasteiger partial charge >= 0.3 is 6.18 Å². The van der Waals surface area contributed by atoms with Crippen LogP contribution >= 0.6 is 0 Å². The molecule has 0 saturated carbocycles. The van der Waals surface area contributed by atoms with Gasteiger partial charge in [0.25, 0.3) is 5.82 Å². The minimum atomic E-state index is -4.58. The number of alkyl halides is 3. The highest BCUT2D eigenvalue weighted by Crippen LogP contribution is 2.27. The molecule has 0 aliphatic carbocycles. The van der Waals surface area contributed by atoms with Crippen molar-refractivity contribution in [1.82, 2.24) is 24.7 Å². The molecule has 23 heavy (non-hydrogen) atoms. The zero-order chi connectivity index (χ0) is 16.4. The Hall–Kier alpha value is -1.90. The molecule has 9 heteroatoms. The van der Waals surface area contributed by atoms with Crippen molar-refractivity contribution in [3.63, 3.8) is 0 Å².